The maximum atomic E-state index is 12.0. The Morgan fingerprint density at radius 2 is 2.12 bits per heavy atom. The molecule has 1 aromatic heterocycles. The third-order valence-electron chi connectivity index (χ3n) is 1.68. The third-order valence-corrected chi connectivity index (χ3v) is 1.68. The van der Waals surface area contributed by atoms with Crippen molar-refractivity contribution < 1.29 is 22.7 Å². The first-order valence-corrected chi connectivity index (χ1v) is 4.73. The average Bonchev–Trinajstić information content (AvgIpc) is 2.16. The molecule has 0 saturated carbocycles. The minimum Gasteiger partial charge on any atom is -0.467 e. The fourth-order valence-electron chi connectivity index (χ4n) is 1.08. The Kier molecular flexibility index (Phi) is 3.93. The van der Waals surface area contributed by atoms with E-state index in [0.717, 1.165) is 0 Å². The van der Waals surface area contributed by atoms with Gasteiger partial charge in [-0.15, -0.1) is 0 Å². The standard InChI is InChI=1S/C10H11F3N2O2/c1-6-3-4-8(15-7(2)16)9(14-6)17-5-10(11,12)13/h3-4H,5H2,1-2H3,(H,15,16). The van der Waals surface area contributed by atoms with Crippen LogP contribution in [0.15, 0.2) is 12.1 Å². The molecule has 0 radical (unpaired) electrons. The lowest BCUT2D eigenvalue weighted by Gasteiger charge is -2.12. The monoisotopic (exact) mass is 248 g/mol. The van der Waals surface area contributed by atoms with Gasteiger partial charge in [0.1, 0.15) is 5.69 Å². The van der Waals surface area contributed by atoms with Crippen molar-refractivity contribution in [1.29, 1.82) is 0 Å². The Labute approximate surface area is 95.8 Å². The van der Waals surface area contributed by atoms with Gasteiger partial charge in [0.25, 0.3) is 0 Å². The predicted octanol–water partition coefficient (Wildman–Crippen LogP) is 2.29. The number of rotatable bonds is 3. The summed E-state index contributed by atoms with van der Waals surface area (Å²) in [6, 6.07) is 3.00. The summed E-state index contributed by atoms with van der Waals surface area (Å²) in [5, 5.41) is 2.34. The average molecular weight is 248 g/mol. The molecule has 1 heterocycles. The van der Waals surface area contributed by atoms with Crippen LogP contribution in [0.3, 0.4) is 0 Å². The van der Waals surface area contributed by atoms with E-state index in [1.54, 1.807) is 13.0 Å². The molecule has 0 unspecified atom stereocenters. The van der Waals surface area contributed by atoms with Gasteiger partial charge >= 0.3 is 6.18 Å². The Balaban J connectivity index is 2.87. The van der Waals surface area contributed by atoms with Crippen LogP contribution in [0.4, 0.5) is 18.9 Å². The van der Waals surface area contributed by atoms with E-state index < -0.39 is 18.7 Å². The van der Waals surface area contributed by atoms with Crippen LogP contribution < -0.4 is 10.1 Å². The second kappa shape index (κ2) is 5.03. The van der Waals surface area contributed by atoms with Crippen LogP contribution in [-0.4, -0.2) is 23.7 Å². The molecule has 7 heteroatoms. The number of carbonyl (C=O) groups excluding carboxylic acids is 1. The zero-order valence-electron chi connectivity index (χ0n) is 9.26. The second-order valence-corrected chi connectivity index (χ2v) is 3.39. The number of aromatic nitrogens is 1. The summed E-state index contributed by atoms with van der Waals surface area (Å²) < 4.78 is 40.5. The maximum absolute atomic E-state index is 12.0. The molecule has 0 aliphatic heterocycles. The van der Waals surface area contributed by atoms with E-state index >= 15 is 0 Å². The molecular weight excluding hydrogens is 237 g/mol. The fraction of sp³-hybridized carbons (Fsp3) is 0.400. The normalized spacial score (nSPS) is 11.1. The van der Waals surface area contributed by atoms with E-state index in [-0.39, 0.29) is 11.6 Å². The van der Waals surface area contributed by atoms with E-state index in [9.17, 15) is 18.0 Å². The molecule has 0 spiro atoms. The van der Waals surface area contributed by atoms with Crippen LogP contribution >= 0.6 is 0 Å². The summed E-state index contributed by atoms with van der Waals surface area (Å²) in [5.41, 5.74) is 0.614. The quantitative estimate of drug-likeness (QED) is 0.892. The van der Waals surface area contributed by atoms with Crippen LogP contribution in [0.25, 0.3) is 0 Å². The maximum Gasteiger partial charge on any atom is 0.422 e. The van der Waals surface area contributed by atoms with Crippen LogP contribution in [0, 0.1) is 6.92 Å². The van der Waals surface area contributed by atoms with E-state index in [1.807, 2.05) is 0 Å². The molecule has 0 bridgehead atoms. The lowest BCUT2D eigenvalue weighted by atomic mass is 10.3. The highest BCUT2D eigenvalue weighted by atomic mass is 19.4. The number of ether oxygens (including phenoxy) is 1. The first-order chi connectivity index (χ1) is 7.78. The fourth-order valence-corrected chi connectivity index (χ4v) is 1.08. The van der Waals surface area contributed by atoms with Gasteiger partial charge in [0.2, 0.25) is 11.8 Å². The minimum absolute atomic E-state index is 0.118. The number of hydrogen-bond acceptors (Lipinski definition) is 3. The van der Waals surface area contributed by atoms with E-state index in [4.69, 9.17) is 0 Å². The SMILES string of the molecule is CC(=O)Nc1ccc(C)nc1OCC(F)(F)F. The molecule has 94 valence electrons. The minimum atomic E-state index is -4.45. The van der Waals surface area contributed by atoms with Gasteiger partial charge in [-0.1, -0.05) is 0 Å². The Hall–Kier alpha value is -1.79. The van der Waals surface area contributed by atoms with Gasteiger partial charge in [-0.2, -0.15) is 13.2 Å². The Morgan fingerprint density at radius 1 is 1.47 bits per heavy atom. The smallest absolute Gasteiger partial charge is 0.422 e. The summed E-state index contributed by atoms with van der Waals surface area (Å²) in [5.74, 6) is -0.648. The summed E-state index contributed by atoms with van der Waals surface area (Å²) in [4.78, 5) is 14.6. The van der Waals surface area contributed by atoms with Gasteiger partial charge in [0.05, 0.1) is 0 Å². The first-order valence-electron chi connectivity index (χ1n) is 4.73. The molecule has 0 aliphatic carbocycles. The van der Waals surface area contributed by atoms with Crippen molar-refractivity contribution in [1.82, 2.24) is 4.98 Å². The lowest BCUT2D eigenvalue weighted by Crippen LogP contribution is -2.20. The van der Waals surface area contributed by atoms with E-state index in [0.29, 0.717) is 5.69 Å². The lowest BCUT2D eigenvalue weighted by molar-refractivity contribution is -0.153. The molecule has 0 aliphatic rings. The summed E-state index contributed by atoms with van der Waals surface area (Å²) in [6.07, 6.45) is -4.45. The van der Waals surface area contributed by atoms with Crippen molar-refractivity contribution in [2.24, 2.45) is 0 Å². The van der Waals surface area contributed by atoms with Crippen LogP contribution in [0.5, 0.6) is 5.88 Å². The summed E-state index contributed by atoms with van der Waals surface area (Å²) in [6.45, 7) is 1.40. The van der Waals surface area contributed by atoms with Gasteiger partial charge in [-0.25, -0.2) is 4.98 Å². The number of nitrogens with one attached hydrogen (secondary N) is 1. The van der Waals surface area contributed by atoms with Gasteiger partial charge in [0, 0.05) is 12.6 Å². The highest BCUT2D eigenvalue weighted by molar-refractivity contribution is 5.89. The zero-order chi connectivity index (χ0) is 13.1. The van der Waals surface area contributed by atoms with Gasteiger partial charge in [0.15, 0.2) is 6.61 Å². The number of carbonyl (C=O) groups is 1. The van der Waals surface area contributed by atoms with Crippen LogP contribution in [-0.2, 0) is 4.79 Å². The Morgan fingerprint density at radius 3 is 2.65 bits per heavy atom. The highest BCUT2D eigenvalue weighted by Gasteiger charge is 2.29. The van der Waals surface area contributed by atoms with Crippen molar-refractivity contribution >= 4 is 11.6 Å². The number of halogens is 3. The number of pyridine rings is 1. The van der Waals surface area contributed by atoms with Crippen LogP contribution in [0.1, 0.15) is 12.6 Å². The van der Waals surface area contributed by atoms with Gasteiger partial charge in [-0.3, -0.25) is 4.79 Å². The molecule has 0 atom stereocenters. The summed E-state index contributed by atoms with van der Waals surface area (Å²) in [7, 11) is 0. The number of aryl methyl sites for hydroxylation is 1. The molecule has 17 heavy (non-hydrogen) atoms. The van der Waals surface area contributed by atoms with Crippen molar-refractivity contribution in [3.63, 3.8) is 0 Å². The van der Waals surface area contributed by atoms with Gasteiger partial charge < -0.3 is 10.1 Å². The molecule has 1 rings (SSSR count). The number of anilines is 1. The number of hydrogen-bond donors (Lipinski definition) is 1. The largest absolute Gasteiger partial charge is 0.467 e. The number of nitrogens with zero attached hydrogens (tertiary/aromatic N) is 1. The second-order valence-electron chi connectivity index (χ2n) is 3.39. The third kappa shape index (κ3) is 4.71. The van der Waals surface area contributed by atoms with Crippen molar-refractivity contribution in [3.05, 3.63) is 17.8 Å². The molecule has 1 N–H and O–H groups in total. The van der Waals surface area contributed by atoms with Crippen molar-refractivity contribution in [2.45, 2.75) is 20.0 Å². The van der Waals surface area contributed by atoms with E-state index in [1.165, 1.54) is 13.0 Å². The molecule has 0 aromatic carbocycles. The Bertz CT molecular complexity index is 419. The predicted molar refractivity (Wildman–Crippen MR) is 54.8 cm³/mol. The number of alkyl halides is 3. The first kappa shape index (κ1) is 13.3. The zero-order valence-corrected chi connectivity index (χ0v) is 9.26. The van der Waals surface area contributed by atoms with Crippen LogP contribution in [0.2, 0.25) is 0 Å². The van der Waals surface area contributed by atoms with Crippen molar-refractivity contribution in [3.8, 4) is 5.88 Å². The topological polar surface area (TPSA) is 51.2 Å². The summed E-state index contributed by atoms with van der Waals surface area (Å²) >= 11 is 0. The van der Waals surface area contributed by atoms with Gasteiger partial charge in [-0.05, 0) is 19.1 Å². The molecular formula is C10H11F3N2O2. The molecule has 0 fully saturated rings. The molecule has 0 saturated heterocycles. The van der Waals surface area contributed by atoms with E-state index in [2.05, 4.69) is 15.0 Å². The number of amides is 1. The molecule has 1 aromatic rings. The highest BCUT2D eigenvalue weighted by Crippen LogP contribution is 2.24. The van der Waals surface area contributed by atoms with Crippen molar-refractivity contribution in [2.75, 3.05) is 11.9 Å². The molecule has 1 amide bonds. The molecule has 4 nitrogen and oxygen atoms in total.